The van der Waals surface area contributed by atoms with Crippen molar-refractivity contribution in [1.82, 2.24) is 9.78 Å². The van der Waals surface area contributed by atoms with Crippen LogP contribution in [0.3, 0.4) is 0 Å². The molecule has 0 N–H and O–H groups in total. The van der Waals surface area contributed by atoms with Crippen molar-refractivity contribution in [2.75, 3.05) is 0 Å². The predicted octanol–water partition coefficient (Wildman–Crippen LogP) is 3.44. The normalized spacial score (nSPS) is 11.0. The fourth-order valence-electron chi connectivity index (χ4n) is 2.08. The summed E-state index contributed by atoms with van der Waals surface area (Å²) in [4.78, 5) is 11.2. The highest BCUT2D eigenvalue weighted by molar-refractivity contribution is 5.78. The van der Waals surface area contributed by atoms with Crippen LogP contribution in [0.2, 0.25) is 0 Å². The first-order valence-corrected chi connectivity index (χ1v) is 6.62. The van der Waals surface area contributed by atoms with Crippen LogP contribution in [-0.2, 0) is 11.2 Å². The topological polar surface area (TPSA) is 34.9 Å². The number of carbonyl (C=O) groups is 1. The van der Waals surface area contributed by atoms with Gasteiger partial charge in [-0.05, 0) is 37.5 Å². The van der Waals surface area contributed by atoms with E-state index in [-0.39, 0.29) is 5.78 Å². The summed E-state index contributed by atoms with van der Waals surface area (Å²) in [6.07, 6.45) is 2.40. The molecule has 0 aliphatic carbocycles. The Morgan fingerprint density at radius 2 is 1.89 bits per heavy atom. The Bertz CT molecular complexity index is 579. The van der Waals surface area contributed by atoms with E-state index in [1.54, 1.807) is 6.92 Å². The second kappa shape index (κ2) is 5.39. The number of nitrogens with zero attached hydrogens (tertiary/aromatic N) is 2. The molecule has 0 atom stereocenters. The molecule has 0 saturated heterocycles. The summed E-state index contributed by atoms with van der Waals surface area (Å²) in [7, 11) is 0. The number of carbonyl (C=O) groups excluding carboxylic acids is 1. The molecular weight excluding hydrogens is 236 g/mol. The molecule has 3 nitrogen and oxygen atoms in total. The molecule has 0 aliphatic rings. The van der Waals surface area contributed by atoms with Gasteiger partial charge in [0.15, 0.2) is 0 Å². The van der Waals surface area contributed by atoms with Crippen LogP contribution < -0.4 is 0 Å². The molecule has 0 unspecified atom stereocenters. The minimum atomic E-state index is 0.165. The van der Waals surface area contributed by atoms with E-state index < -0.39 is 0 Å². The fraction of sp³-hybridized carbons (Fsp3) is 0.375. The van der Waals surface area contributed by atoms with Gasteiger partial charge in [-0.15, -0.1) is 0 Å². The first-order valence-electron chi connectivity index (χ1n) is 6.62. The van der Waals surface area contributed by atoms with Gasteiger partial charge in [0.05, 0.1) is 11.4 Å². The smallest absolute Gasteiger partial charge is 0.134 e. The summed E-state index contributed by atoms with van der Waals surface area (Å²) in [5.41, 5.74) is 4.27. The summed E-state index contributed by atoms with van der Waals surface area (Å²) < 4.78 is 1.84. The monoisotopic (exact) mass is 256 g/mol. The summed E-state index contributed by atoms with van der Waals surface area (Å²) in [6.45, 7) is 7.90. The van der Waals surface area contributed by atoms with E-state index in [9.17, 15) is 4.79 Å². The van der Waals surface area contributed by atoms with Crippen molar-refractivity contribution >= 4 is 5.78 Å². The van der Waals surface area contributed by atoms with E-state index in [4.69, 9.17) is 0 Å². The third-order valence-corrected chi connectivity index (χ3v) is 3.26. The Kier molecular flexibility index (Phi) is 3.84. The second-order valence-electron chi connectivity index (χ2n) is 5.31. The Morgan fingerprint density at radius 1 is 1.26 bits per heavy atom. The highest BCUT2D eigenvalue weighted by Crippen LogP contribution is 2.18. The second-order valence-corrected chi connectivity index (χ2v) is 5.31. The van der Waals surface area contributed by atoms with Crippen molar-refractivity contribution < 1.29 is 4.79 Å². The van der Waals surface area contributed by atoms with Crippen LogP contribution in [0.5, 0.6) is 0 Å². The van der Waals surface area contributed by atoms with Gasteiger partial charge in [-0.2, -0.15) is 5.10 Å². The largest absolute Gasteiger partial charge is 0.300 e. The van der Waals surface area contributed by atoms with Crippen LogP contribution in [0.15, 0.2) is 30.5 Å². The maximum absolute atomic E-state index is 11.2. The van der Waals surface area contributed by atoms with Gasteiger partial charge in [-0.3, -0.25) is 4.79 Å². The van der Waals surface area contributed by atoms with Crippen molar-refractivity contribution in [3.63, 3.8) is 0 Å². The lowest BCUT2D eigenvalue weighted by atomic mass is 10.0. The first kappa shape index (κ1) is 13.5. The van der Waals surface area contributed by atoms with Crippen molar-refractivity contribution in [3.05, 3.63) is 47.3 Å². The number of Topliss-reactive ketones (excluding diaryl/α,β-unsaturated/α-hetero) is 1. The zero-order valence-corrected chi connectivity index (χ0v) is 12.0. The molecule has 2 rings (SSSR count). The van der Waals surface area contributed by atoms with E-state index in [1.165, 1.54) is 5.56 Å². The number of aryl methyl sites for hydroxylation is 1. The van der Waals surface area contributed by atoms with Crippen molar-refractivity contribution in [2.24, 2.45) is 0 Å². The van der Waals surface area contributed by atoms with Gasteiger partial charge in [0.2, 0.25) is 0 Å². The van der Waals surface area contributed by atoms with Gasteiger partial charge < -0.3 is 0 Å². The maximum Gasteiger partial charge on any atom is 0.134 e. The molecular formula is C16H20N2O. The summed E-state index contributed by atoms with van der Waals surface area (Å²) in [6, 6.07) is 8.39. The van der Waals surface area contributed by atoms with Crippen LogP contribution in [0.4, 0.5) is 0 Å². The molecule has 19 heavy (non-hydrogen) atoms. The average Bonchev–Trinajstić information content (AvgIpc) is 2.70. The first-order chi connectivity index (χ1) is 8.97. The van der Waals surface area contributed by atoms with Gasteiger partial charge in [0.1, 0.15) is 5.78 Å². The van der Waals surface area contributed by atoms with E-state index >= 15 is 0 Å². The highest BCUT2D eigenvalue weighted by Gasteiger charge is 2.08. The van der Waals surface area contributed by atoms with Gasteiger partial charge in [-0.1, -0.05) is 26.0 Å². The third kappa shape index (κ3) is 3.11. The van der Waals surface area contributed by atoms with Crippen LogP contribution >= 0.6 is 0 Å². The number of benzene rings is 1. The highest BCUT2D eigenvalue weighted by atomic mass is 16.1. The number of hydrogen-bond donors (Lipinski definition) is 0. The Labute approximate surface area is 114 Å². The zero-order valence-electron chi connectivity index (χ0n) is 12.0. The molecule has 1 heterocycles. The zero-order chi connectivity index (χ0) is 14.0. The van der Waals surface area contributed by atoms with Gasteiger partial charge in [0, 0.05) is 18.2 Å². The lowest BCUT2D eigenvalue weighted by Crippen LogP contribution is -1.96. The molecule has 2 aromatic rings. The molecule has 100 valence electrons. The van der Waals surface area contributed by atoms with Gasteiger partial charge in [0.25, 0.3) is 0 Å². The lowest BCUT2D eigenvalue weighted by molar-refractivity contribution is -0.116. The van der Waals surface area contributed by atoms with E-state index in [2.05, 4.69) is 43.2 Å². The lowest BCUT2D eigenvalue weighted by Gasteiger charge is -2.06. The molecule has 0 fully saturated rings. The molecule has 1 aromatic heterocycles. The van der Waals surface area contributed by atoms with Gasteiger partial charge >= 0.3 is 0 Å². The quantitative estimate of drug-likeness (QED) is 0.840. The van der Waals surface area contributed by atoms with Crippen LogP contribution in [-0.4, -0.2) is 15.6 Å². The van der Waals surface area contributed by atoms with E-state index in [1.807, 2.05) is 17.8 Å². The minimum Gasteiger partial charge on any atom is -0.300 e. The van der Waals surface area contributed by atoms with Crippen molar-refractivity contribution in [1.29, 1.82) is 0 Å². The molecule has 0 amide bonds. The standard InChI is InChI=1S/C16H20N2O/c1-11(2)14-5-7-16(8-6-14)18-10-15(9-12(3)19)13(4)17-18/h5-8,10-11H,9H2,1-4H3. The number of rotatable bonds is 4. The molecule has 0 radical (unpaired) electrons. The number of hydrogen-bond acceptors (Lipinski definition) is 2. The Balaban J connectivity index is 2.29. The molecule has 0 bridgehead atoms. The Hall–Kier alpha value is -1.90. The van der Waals surface area contributed by atoms with Crippen molar-refractivity contribution in [2.45, 2.75) is 40.0 Å². The fourth-order valence-corrected chi connectivity index (χ4v) is 2.08. The van der Waals surface area contributed by atoms with Crippen LogP contribution in [0.1, 0.15) is 43.5 Å². The van der Waals surface area contributed by atoms with Crippen LogP contribution in [0, 0.1) is 6.92 Å². The summed E-state index contributed by atoms with van der Waals surface area (Å²) >= 11 is 0. The number of aromatic nitrogens is 2. The average molecular weight is 256 g/mol. The van der Waals surface area contributed by atoms with Gasteiger partial charge in [-0.25, -0.2) is 4.68 Å². The van der Waals surface area contributed by atoms with Crippen LogP contribution in [0.25, 0.3) is 5.69 Å². The summed E-state index contributed by atoms with van der Waals surface area (Å²) in [5.74, 6) is 0.694. The Morgan fingerprint density at radius 3 is 2.42 bits per heavy atom. The molecule has 3 heteroatoms. The minimum absolute atomic E-state index is 0.165. The predicted molar refractivity (Wildman–Crippen MR) is 76.8 cm³/mol. The van der Waals surface area contributed by atoms with E-state index in [0.29, 0.717) is 12.3 Å². The number of ketones is 1. The molecule has 0 aliphatic heterocycles. The van der Waals surface area contributed by atoms with E-state index in [0.717, 1.165) is 16.9 Å². The van der Waals surface area contributed by atoms with Crippen molar-refractivity contribution in [3.8, 4) is 5.69 Å². The third-order valence-electron chi connectivity index (χ3n) is 3.26. The SMILES string of the molecule is CC(=O)Cc1cn(-c2ccc(C(C)C)cc2)nc1C. The summed E-state index contributed by atoms with van der Waals surface area (Å²) in [5, 5.41) is 4.47. The molecule has 1 aromatic carbocycles. The molecule has 0 spiro atoms. The molecule has 0 saturated carbocycles. The maximum atomic E-state index is 11.2.